The van der Waals surface area contributed by atoms with Gasteiger partial charge in [0.05, 0.1) is 18.3 Å². The largest absolute Gasteiger partial charge is 0.478 e. The first-order valence-electron chi connectivity index (χ1n) is 8.15. The minimum atomic E-state index is -0.961. The Bertz CT molecular complexity index is 720. The number of hydrogen-bond donors (Lipinski definition) is 1. The molecule has 0 saturated heterocycles. The Morgan fingerprint density at radius 3 is 2.00 bits per heavy atom. The number of nitrogens with zero attached hydrogens (tertiary/aromatic N) is 1. The second-order valence-corrected chi connectivity index (χ2v) is 6.22. The second kappa shape index (κ2) is 8.44. The molecule has 2 rings (SSSR count). The molecule has 0 aromatic heterocycles. The van der Waals surface area contributed by atoms with Crippen LogP contribution in [0.1, 0.15) is 45.7 Å². The Hall–Kier alpha value is -2.66. The van der Waals surface area contributed by atoms with Crippen LogP contribution in [0.4, 0.5) is 0 Å². The summed E-state index contributed by atoms with van der Waals surface area (Å²) in [6.45, 7) is 4.90. The number of carbonyl (C=O) groups is 2. The van der Waals surface area contributed by atoms with E-state index in [1.807, 2.05) is 26.0 Å². The molecule has 0 spiro atoms. The van der Waals surface area contributed by atoms with E-state index in [1.165, 1.54) is 0 Å². The highest BCUT2D eigenvalue weighted by molar-refractivity contribution is 5.94. The Balaban J connectivity index is 1.98. The van der Waals surface area contributed by atoms with Gasteiger partial charge in [0, 0.05) is 19.2 Å². The van der Waals surface area contributed by atoms with E-state index in [0.29, 0.717) is 18.7 Å². The lowest BCUT2D eigenvalue weighted by Crippen LogP contribution is -2.26. The van der Waals surface area contributed by atoms with Crippen molar-refractivity contribution < 1.29 is 19.4 Å². The molecular formula is C20H23NO4. The molecule has 0 bridgehead atoms. The molecule has 0 saturated carbocycles. The highest BCUT2D eigenvalue weighted by Crippen LogP contribution is 2.12. The maximum Gasteiger partial charge on any atom is 0.335 e. The van der Waals surface area contributed by atoms with Crippen molar-refractivity contribution in [1.29, 1.82) is 0 Å². The molecule has 0 aliphatic carbocycles. The highest BCUT2D eigenvalue weighted by Gasteiger charge is 2.12. The van der Waals surface area contributed by atoms with E-state index in [0.717, 1.165) is 11.1 Å². The Kier molecular flexibility index (Phi) is 6.31. The van der Waals surface area contributed by atoms with Crippen LogP contribution < -0.4 is 0 Å². The van der Waals surface area contributed by atoms with Gasteiger partial charge in [0.1, 0.15) is 0 Å². The van der Waals surface area contributed by atoms with Crippen molar-refractivity contribution >= 4 is 11.9 Å². The van der Waals surface area contributed by atoms with E-state index >= 15 is 0 Å². The van der Waals surface area contributed by atoms with E-state index in [9.17, 15) is 9.59 Å². The number of carbonyl (C=O) groups excluding carboxylic acids is 1. The normalized spacial score (nSPS) is 10.7. The van der Waals surface area contributed by atoms with Gasteiger partial charge in [-0.25, -0.2) is 4.79 Å². The Morgan fingerprint density at radius 1 is 0.960 bits per heavy atom. The van der Waals surface area contributed by atoms with Gasteiger partial charge < -0.3 is 14.7 Å². The van der Waals surface area contributed by atoms with E-state index in [1.54, 1.807) is 48.3 Å². The average Bonchev–Trinajstić information content (AvgIpc) is 2.60. The lowest BCUT2D eigenvalue weighted by Gasteiger charge is -2.18. The molecule has 0 aliphatic heterocycles. The van der Waals surface area contributed by atoms with Crippen molar-refractivity contribution in [2.75, 3.05) is 7.05 Å². The fourth-order valence-electron chi connectivity index (χ4n) is 2.33. The summed E-state index contributed by atoms with van der Waals surface area (Å²) in [5.41, 5.74) is 2.75. The van der Waals surface area contributed by atoms with Gasteiger partial charge >= 0.3 is 5.97 Å². The number of rotatable bonds is 7. The zero-order valence-electron chi connectivity index (χ0n) is 14.7. The molecule has 5 nitrogen and oxygen atoms in total. The van der Waals surface area contributed by atoms with Crippen LogP contribution in [0.3, 0.4) is 0 Å². The number of carboxylic acid groups (broad SMARTS) is 1. The van der Waals surface area contributed by atoms with Crippen LogP contribution in [-0.4, -0.2) is 35.0 Å². The van der Waals surface area contributed by atoms with E-state index in [2.05, 4.69) is 0 Å². The van der Waals surface area contributed by atoms with Gasteiger partial charge in [-0.2, -0.15) is 0 Å². The topological polar surface area (TPSA) is 66.8 Å². The molecule has 1 N–H and O–H groups in total. The minimum Gasteiger partial charge on any atom is -0.478 e. The maximum absolute atomic E-state index is 12.5. The third kappa shape index (κ3) is 5.43. The van der Waals surface area contributed by atoms with Crippen molar-refractivity contribution in [3.63, 3.8) is 0 Å². The highest BCUT2D eigenvalue weighted by atomic mass is 16.5. The van der Waals surface area contributed by atoms with Gasteiger partial charge in [0.15, 0.2) is 0 Å². The Morgan fingerprint density at radius 2 is 1.48 bits per heavy atom. The first-order chi connectivity index (χ1) is 11.9. The summed E-state index contributed by atoms with van der Waals surface area (Å²) in [5.74, 6) is -1.05. The van der Waals surface area contributed by atoms with Crippen LogP contribution in [0.2, 0.25) is 0 Å². The molecule has 0 atom stereocenters. The lowest BCUT2D eigenvalue weighted by atomic mass is 10.1. The zero-order valence-corrected chi connectivity index (χ0v) is 14.7. The molecule has 1 amide bonds. The van der Waals surface area contributed by atoms with Crippen molar-refractivity contribution in [1.82, 2.24) is 4.90 Å². The number of carboxylic acids is 1. The number of ether oxygens (including phenoxy) is 1. The summed E-state index contributed by atoms with van der Waals surface area (Å²) in [6, 6.07) is 13.9. The molecule has 2 aromatic rings. The first-order valence-corrected chi connectivity index (χ1v) is 8.15. The van der Waals surface area contributed by atoms with Crippen LogP contribution in [0.15, 0.2) is 48.5 Å². The molecule has 2 aromatic carbocycles. The standard InChI is InChI=1S/C20H23NO4/c1-14(2)25-13-16-6-8-17(9-7-16)19(22)21(3)12-15-4-10-18(11-5-15)20(23)24/h4-11,14H,12-13H2,1-3H3,(H,23,24). The molecule has 0 aliphatic rings. The second-order valence-electron chi connectivity index (χ2n) is 6.22. The number of hydrogen-bond acceptors (Lipinski definition) is 3. The molecular weight excluding hydrogens is 318 g/mol. The summed E-state index contributed by atoms with van der Waals surface area (Å²) in [7, 11) is 1.73. The van der Waals surface area contributed by atoms with Crippen molar-refractivity contribution in [3.8, 4) is 0 Å². The van der Waals surface area contributed by atoms with E-state index in [-0.39, 0.29) is 17.6 Å². The van der Waals surface area contributed by atoms with Crippen molar-refractivity contribution in [2.45, 2.75) is 33.1 Å². The van der Waals surface area contributed by atoms with Gasteiger partial charge in [-0.1, -0.05) is 24.3 Å². The van der Waals surface area contributed by atoms with Crippen molar-refractivity contribution in [3.05, 3.63) is 70.8 Å². The van der Waals surface area contributed by atoms with Gasteiger partial charge in [-0.05, 0) is 49.2 Å². The predicted molar refractivity (Wildman–Crippen MR) is 95.6 cm³/mol. The van der Waals surface area contributed by atoms with Gasteiger partial charge in [0.2, 0.25) is 0 Å². The van der Waals surface area contributed by atoms with Gasteiger partial charge in [0.25, 0.3) is 5.91 Å². The SMILES string of the molecule is CC(C)OCc1ccc(C(=O)N(C)Cc2ccc(C(=O)O)cc2)cc1. The minimum absolute atomic E-state index is 0.0846. The molecule has 0 heterocycles. The lowest BCUT2D eigenvalue weighted by molar-refractivity contribution is 0.0656. The quantitative estimate of drug-likeness (QED) is 0.836. The average molecular weight is 341 g/mol. The molecule has 25 heavy (non-hydrogen) atoms. The summed E-state index contributed by atoms with van der Waals surface area (Å²) < 4.78 is 5.54. The summed E-state index contributed by atoms with van der Waals surface area (Å²) in [5, 5.41) is 8.91. The number of aromatic carboxylic acids is 1. The van der Waals surface area contributed by atoms with Crippen LogP contribution in [-0.2, 0) is 17.9 Å². The third-order valence-corrected chi connectivity index (χ3v) is 3.75. The zero-order chi connectivity index (χ0) is 18.4. The summed E-state index contributed by atoms with van der Waals surface area (Å²) in [4.78, 5) is 25.0. The summed E-state index contributed by atoms with van der Waals surface area (Å²) >= 11 is 0. The fourth-order valence-corrected chi connectivity index (χ4v) is 2.33. The van der Waals surface area contributed by atoms with Gasteiger partial charge in [-0.15, -0.1) is 0 Å². The van der Waals surface area contributed by atoms with Crippen LogP contribution in [0.25, 0.3) is 0 Å². The third-order valence-electron chi connectivity index (χ3n) is 3.75. The summed E-state index contributed by atoms with van der Waals surface area (Å²) in [6.07, 6.45) is 0.167. The first kappa shape index (κ1) is 18.7. The van der Waals surface area contributed by atoms with E-state index in [4.69, 9.17) is 9.84 Å². The van der Waals surface area contributed by atoms with Crippen molar-refractivity contribution in [2.24, 2.45) is 0 Å². The number of amides is 1. The molecule has 132 valence electrons. The van der Waals surface area contributed by atoms with Crippen LogP contribution in [0.5, 0.6) is 0 Å². The monoisotopic (exact) mass is 341 g/mol. The molecule has 5 heteroatoms. The smallest absolute Gasteiger partial charge is 0.335 e. The fraction of sp³-hybridized carbons (Fsp3) is 0.300. The Labute approximate surface area is 147 Å². The predicted octanol–water partition coefficient (Wildman–Crippen LogP) is 3.58. The van der Waals surface area contributed by atoms with Crippen LogP contribution >= 0.6 is 0 Å². The maximum atomic E-state index is 12.5. The molecule has 0 radical (unpaired) electrons. The van der Waals surface area contributed by atoms with Gasteiger partial charge in [-0.3, -0.25) is 4.79 Å². The molecule has 0 fully saturated rings. The van der Waals surface area contributed by atoms with E-state index < -0.39 is 5.97 Å². The molecule has 0 unspecified atom stereocenters. The van der Waals surface area contributed by atoms with Crippen LogP contribution in [0, 0.1) is 0 Å². The number of benzene rings is 2.